The van der Waals surface area contributed by atoms with Crippen LogP contribution in [0.3, 0.4) is 0 Å². The van der Waals surface area contributed by atoms with Gasteiger partial charge in [0.05, 0.1) is 11.5 Å². The van der Waals surface area contributed by atoms with Gasteiger partial charge in [-0.2, -0.15) is 0 Å². The van der Waals surface area contributed by atoms with Gasteiger partial charge in [0.25, 0.3) is 0 Å². The topological polar surface area (TPSA) is 95.5 Å². The lowest BCUT2D eigenvalue weighted by Crippen LogP contribution is -2.56. The molecule has 0 saturated heterocycles. The number of carbonyl (C=O) groups excluding carboxylic acids is 3. The summed E-state index contributed by atoms with van der Waals surface area (Å²) >= 11 is 6.46. The Morgan fingerprint density at radius 1 is 0.897 bits per heavy atom. The minimum atomic E-state index is -1.88. The highest BCUT2D eigenvalue weighted by Crippen LogP contribution is 2.49. The molecule has 4 rings (SSSR count). The molecule has 4 atom stereocenters. The summed E-state index contributed by atoms with van der Waals surface area (Å²) in [6.07, 6.45) is -0.467. The fourth-order valence-electron chi connectivity index (χ4n) is 5.46. The average Bonchev–Trinajstić information content (AvgIpc) is 2.84. The number of hydrogen-bond donors (Lipinski definition) is 3. The summed E-state index contributed by atoms with van der Waals surface area (Å²) in [6.45, 7) is 8.83. The van der Waals surface area contributed by atoms with Gasteiger partial charge in [0, 0.05) is 34.3 Å². The number of aliphatic hydroxyl groups is 1. The Morgan fingerprint density at radius 2 is 1.41 bits per heavy atom. The predicted octanol–water partition coefficient (Wildman–Crippen LogP) is 6.03. The summed E-state index contributed by atoms with van der Waals surface area (Å²) < 4.78 is 15.4. The molecule has 2 amide bonds. The molecular weight excluding hydrogens is 519 g/mol. The summed E-state index contributed by atoms with van der Waals surface area (Å²) in [7, 11) is 0. The van der Waals surface area contributed by atoms with Crippen molar-refractivity contribution in [3.63, 3.8) is 0 Å². The third kappa shape index (κ3) is 5.47. The van der Waals surface area contributed by atoms with Crippen molar-refractivity contribution in [3.05, 3.63) is 93.3 Å². The molecule has 0 spiro atoms. The smallest absolute Gasteiger partial charge is 0.235 e. The number of halogens is 2. The normalized spacial score (nSPS) is 22.9. The maximum absolute atomic E-state index is 15.4. The zero-order valence-electron chi connectivity index (χ0n) is 22.6. The number of carbonyl (C=O) groups is 3. The lowest BCUT2D eigenvalue weighted by atomic mass is 9.61. The second-order valence-electron chi connectivity index (χ2n) is 10.6. The van der Waals surface area contributed by atoms with Crippen LogP contribution in [0.1, 0.15) is 47.1 Å². The van der Waals surface area contributed by atoms with Crippen LogP contribution >= 0.6 is 11.6 Å². The lowest BCUT2D eigenvalue weighted by Gasteiger charge is -2.44. The van der Waals surface area contributed by atoms with Gasteiger partial charge in [-0.15, -0.1) is 0 Å². The van der Waals surface area contributed by atoms with Gasteiger partial charge in [0.2, 0.25) is 11.8 Å². The highest BCUT2D eigenvalue weighted by atomic mass is 35.5. The Morgan fingerprint density at radius 3 is 1.95 bits per heavy atom. The number of Topliss-reactive ketones (excluding diaryl/α,β-unsaturated/α-hetero) is 1. The van der Waals surface area contributed by atoms with E-state index >= 15 is 4.39 Å². The van der Waals surface area contributed by atoms with E-state index in [1.54, 1.807) is 24.3 Å². The predicted molar refractivity (Wildman–Crippen MR) is 150 cm³/mol. The van der Waals surface area contributed by atoms with E-state index in [2.05, 4.69) is 10.6 Å². The Labute approximate surface area is 232 Å². The second-order valence-corrected chi connectivity index (χ2v) is 11.0. The Hall–Kier alpha value is -3.55. The van der Waals surface area contributed by atoms with Crippen LogP contribution in [0.5, 0.6) is 0 Å². The van der Waals surface area contributed by atoms with Crippen molar-refractivity contribution in [2.45, 2.75) is 52.6 Å². The van der Waals surface area contributed by atoms with Crippen LogP contribution in [0.4, 0.5) is 15.8 Å². The van der Waals surface area contributed by atoms with Crippen LogP contribution in [0.25, 0.3) is 0 Å². The van der Waals surface area contributed by atoms with Gasteiger partial charge in [0.1, 0.15) is 17.5 Å². The molecule has 3 aromatic rings. The van der Waals surface area contributed by atoms with Crippen molar-refractivity contribution < 1.29 is 23.9 Å². The van der Waals surface area contributed by atoms with Crippen LogP contribution < -0.4 is 10.6 Å². The summed E-state index contributed by atoms with van der Waals surface area (Å²) in [5.41, 5.74) is 2.48. The fraction of sp³-hybridized carbons (Fsp3) is 0.323. The summed E-state index contributed by atoms with van der Waals surface area (Å²) in [4.78, 5) is 41.2. The monoisotopic (exact) mass is 550 g/mol. The number of benzene rings is 3. The van der Waals surface area contributed by atoms with E-state index in [9.17, 15) is 19.5 Å². The van der Waals surface area contributed by atoms with Crippen LogP contribution in [-0.4, -0.2) is 28.3 Å². The van der Waals surface area contributed by atoms with Crippen LogP contribution in [0.2, 0.25) is 5.02 Å². The molecule has 0 radical (unpaired) electrons. The molecular formula is C31H32ClFN2O4. The molecule has 0 bridgehead atoms. The first-order valence-corrected chi connectivity index (χ1v) is 13.1. The minimum absolute atomic E-state index is 0.0421. The van der Waals surface area contributed by atoms with Gasteiger partial charge in [-0.3, -0.25) is 14.4 Å². The van der Waals surface area contributed by atoms with E-state index in [-0.39, 0.29) is 10.6 Å². The maximum atomic E-state index is 15.4. The molecule has 6 nitrogen and oxygen atoms in total. The molecule has 1 saturated carbocycles. The van der Waals surface area contributed by atoms with Crippen LogP contribution in [0, 0.1) is 45.3 Å². The molecule has 39 heavy (non-hydrogen) atoms. The molecule has 3 N–H and O–H groups in total. The first kappa shape index (κ1) is 28.5. The fourth-order valence-corrected chi connectivity index (χ4v) is 5.75. The van der Waals surface area contributed by atoms with Crippen molar-refractivity contribution in [2.24, 2.45) is 11.8 Å². The van der Waals surface area contributed by atoms with E-state index < -0.39 is 53.2 Å². The number of anilines is 2. The van der Waals surface area contributed by atoms with E-state index in [1.807, 2.05) is 39.8 Å². The van der Waals surface area contributed by atoms with Gasteiger partial charge in [0.15, 0.2) is 0 Å². The first-order chi connectivity index (χ1) is 18.3. The van der Waals surface area contributed by atoms with Crippen molar-refractivity contribution in [1.29, 1.82) is 0 Å². The number of ketones is 1. The molecule has 4 unspecified atom stereocenters. The Balaban J connectivity index is 1.85. The second kappa shape index (κ2) is 10.9. The van der Waals surface area contributed by atoms with E-state index in [0.29, 0.717) is 11.4 Å². The zero-order valence-corrected chi connectivity index (χ0v) is 23.3. The van der Waals surface area contributed by atoms with E-state index in [1.165, 1.54) is 19.1 Å². The molecule has 0 aromatic heterocycles. The molecule has 0 aliphatic heterocycles. The number of rotatable bonds is 5. The Bertz CT molecular complexity index is 1450. The van der Waals surface area contributed by atoms with Gasteiger partial charge in [-0.25, -0.2) is 4.39 Å². The number of aryl methyl sites for hydroxylation is 2. The molecule has 1 aliphatic rings. The van der Waals surface area contributed by atoms with Crippen LogP contribution in [0.15, 0.2) is 54.6 Å². The SMILES string of the molecule is Cc1cccc(NC(=O)C2C(=O)CC(C)(O)C(C(=O)Nc3cccc(C)c3C)C2c2c(F)cccc2Cl)c1C. The van der Waals surface area contributed by atoms with Gasteiger partial charge in [-0.1, -0.05) is 41.9 Å². The third-order valence-corrected chi connectivity index (χ3v) is 8.22. The van der Waals surface area contributed by atoms with Gasteiger partial charge < -0.3 is 15.7 Å². The molecule has 0 heterocycles. The molecule has 204 valence electrons. The number of amides is 2. The summed E-state index contributed by atoms with van der Waals surface area (Å²) in [5, 5.41) is 17.1. The number of nitrogens with one attached hydrogen (secondary N) is 2. The number of hydrogen-bond acceptors (Lipinski definition) is 4. The molecule has 3 aromatic carbocycles. The van der Waals surface area contributed by atoms with E-state index in [4.69, 9.17) is 11.6 Å². The largest absolute Gasteiger partial charge is 0.389 e. The van der Waals surface area contributed by atoms with Crippen molar-refractivity contribution in [2.75, 3.05) is 10.6 Å². The zero-order chi connectivity index (χ0) is 28.6. The Kier molecular flexibility index (Phi) is 7.96. The summed E-state index contributed by atoms with van der Waals surface area (Å²) in [5.74, 6) is -6.94. The van der Waals surface area contributed by atoms with Crippen molar-refractivity contribution >= 4 is 40.6 Å². The first-order valence-electron chi connectivity index (χ1n) is 12.8. The molecule has 8 heteroatoms. The quantitative estimate of drug-likeness (QED) is 0.338. The molecule has 1 aliphatic carbocycles. The lowest BCUT2D eigenvalue weighted by molar-refractivity contribution is -0.150. The molecule has 1 fully saturated rings. The highest BCUT2D eigenvalue weighted by molar-refractivity contribution is 6.31. The van der Waals surface area contributed by atoms with Gasteiger partial charge >= 0.3 is 0 Å². The standard InChI is InChI=1S/C31H32ClFN2O4/c1-16-9-6-13-22(18(16)3)34-29(37)26-24(36)15-31(5,39)28(27(26)25-20(32)11-8-12-21(25)33)30(38)35-23-14-7-10-17(2)19(23)4/h6-14,26-28,39H,15H2,1-5H3,(H,34,37)(H,35,38). The average molecular weight is 551 g/mol. The van der Waals surface area contributed by atoms with Crippen molar-refractivity contribution in [3.8, 4) is 0 Å². The summed E-state index contributed by atoms with van der Waals surface area (Å²) in [6, 6.07) is 14.8. The highest BCUT2D eigenvalue weighted by Gasteiger charge is 2.57. The van der Waals surface area contributed by atoms with E-state index in [0.717, 1.165) is 28.3 Å². The van der Waals surface area contributed by atoms with Gasteiger partial charge in [-0.05, 0) is 81.1 Å². The third-order valence-electron chi connectivity index (χ3n) is 7.89. The van der Waals surface area contributed by atoms with Crippen molar-refractivity contribution in [1.82, 2.24) is 0 Å². The maximum Gasteiger partial charge on any atom is 0.235 e. The minimum Gasteiger partial charge on any atom is -0.389 e. The van der Waals surface area contributed by atoms with Crippen LogP contribution in [-0.2, 0) is 14.4 Å².